The lowest BCUT2D eigenvalue weighted by atomic mass is 10.2. The minimum atomic E-state index is -1.12. The highest BCUT2D eigenvalue weighted by Crippen LogP contribution is 2.12. The van der Waals surface area contributed by atoms with Crippen molar-refractivity contribution in [1.82, 2.24) is 4.98 Å². The number of rotatable bonds is 2. The molecule has 1 saturated heterocycles. The molecule has 1 unspecified atom stereocenters. The molecule has 66 valence electrons. The average Bonchev–Trinajstić information content (AvgIpc) is 1.85. The van der Waals surface area contributed by atoms with Gasteiger partial charge in [0.05, 0.1) is 0 Å². The fourth-order valence-electron chi connectivity index (χ4n) is 1.34. The summed E-state index contributed by atoms with van der Waals surface area (Å²) in [5.74, 6) is 0. The summed E-state index contributed by atoms with van der Waals surface area (Å²) in [6, 6.07) is 0. The van der Waals surface area contributed by atoms with Gasteiger partial charge in [0.2, 0.25) is 0 Å². The van der Waals surface area contributed by atoms with Crippen LogP contribution in [0.3, 0.4) is 0 Å². The molecule has 2 nitrogen and oxygen atoms in total. The van der Waals surface area contributed by atoms with Gasteiger partial charge in [0.15, 0.2) is 0 Å². The van der Waals surface area contributed by atoms with E-state index in [0.717, 1.165) is 6.61 Å². The molecule has 11 heavy (non-hydrogen) atoms. The summed E-state index contributed by atoms with van der Waals surface area (Å²) in [4.78, 5) is 3.57. The molecular formula is C8H19NOSi. The SMILES string of the molecule is C[Si](C)(C)NC1CCCCO1. The lowest BCUT2D eigenvalue weighted by molar-refractivity contribution is 0.00769. The molecule has 0 saturated carbocycles. The quantitative estimate of drug-likeness (QED) is 0.644. The predicted molar refractivity (Wildman–Crippen MR) is 50.1 cm³/mol. The van der Waals surface area contributed by atoms with Gasteiger partial charge in [-0.05, 0) is 19.3 Å². The smallest absolute Gasteiger partial charge is 0.118 e. The lowest BCUT2D eigenvalue weighted by Crippen LogP contribution is -2.49. The van der Waals surface area contributed by atoms with Crippen LogP contribution < -0.4 is 4.98 Å². The van der Waals surface area contributed by atoms with Crippen molar-refractivity contribution in [2.75, 3.05) is 6.61 Å². The van der Waals surface area contributed by atoms with Crippen molar-refractivity contribution >= 4 is 8.24 Å². The molecule has 0 aromatic heterocycles. The van der Waals surface area contributed by atoms with Crippen LogP contribution in [0.4, 0.5) is 0 Å². The van der Waals surface area contributed by atoms with Crippen molar-refractivity contribution in [3.05, 3.63) is 0 Å². The summed E-state index contributed by atoms with van der Waals surface area (Å²) in [5, 5.41) is 0. The molecule has 1 aliphatic rings. The summed E-state index contributed by atoms with van der Waals surface area (Å²) in [5.41, 5.74) is 0. The number of nitrogens with one attached hydrogen (secondary N) is 1. The normalized spacial score (nSPS) is 27.0. The van der Waals surface area contributed by atoms with Gasteiger partial charge >= 0.3 is 0 Å². The van der Waals surface area contributed by atoms with E-state index in [-0.39, 0.29) is 0 Å². The Hall–Kier alpha value is 0.137. The largest absolute Gasteiger partial charge is 0.364 e. The Morgan fingerprint density at radius 2 is 2.00 bits per heavy atom. The van der Waals surface area contributed by atoms with Crippen LogP contribution in [-0.2, 0) is 4.74 Å². The molecule has 0 radical (unpaired) electrons. The number of hydrogen-bond acceptors (Lipinski definition) is 2. The van der Waals surface area contributed by atoms with Gasteiger partial charge in [-0.1, -0.05) is 19.6 Å². The van der Waals surface area contributed by atoms with E-state index in [4.69, 9.17) is 4.74 Å². The van der Waals surface area contributed by atoms with Crippen molar-refractivity contribution in [2.24, 2.45) is 0 Å². The molecule has 0 aromatic carbocycles. The van der Waals surface area contributed by atoms with E-state index in [1.807, 2.05) is 0 Å². The van der Waals surface area contributed by atoms with Crippen molar-refractivity contribution in [2.45, 2.75) is 45.1 Å². The van der Waals surface area contributed by atoms with E-state index in [0.29, 0.717) is 6.23 Å². The van der Waals surface area contributed by atoms with Gasteiger partial charge in [0.1, 0.15) is 14.5 Å². The molecule has 0 bridgehead atoms. The van der Waals surface area contributed by atoms with Gasteiger partial charge in [0, 0.05) is 6.61 Å². The molecule has 0 amide bonds. The molecule has 1 aliphatic heterocycles. The third-order valence-electron chi connectivity index (χ3n) is 1.77. The molecule has 0 spiro atoms. The molecule has 1 N–H and O–H groups in total. The Morgan fingerprint density at radius 1 is 1.27 bits per heavy atom. The number of hydrogen-bond donors (Lipinski definition) is 1. The Bertz CT molecular complexity index is 116. The Morgan fingerprint density at radius 3 is 2.45 bits per heavy atom. The molecule has 0 aromatic rings. The van der Waals surface area contributed by atoms with Crippen LogP contribution in [0.15, 0.2) is 0 Å². The first-order chi connectivity index (χ1) is 5.08. The van der Waals surface area contributed by atoms with E-state index in [1.54, 1.807) is 0 Å². The molecule has 3 heteroatoms. The summed E-state index contributed by atoms with van der Waals surface area (Å²) in [7, 11) is -1.12. The van der Waals surface area contributed by atoms with E-state index in [2.05, 4.69) is 24.6 Å². The minimum absolute atomic E-state index is 0.357. The van der Waals surface area contributed by atoms with Crippen molar-refractivity contribution in [1.29, 1.82) is 0 Å². The van der Waals surface area contributed by atoms with Crippen LogP contribution >= 0.6 is 0 Å². The Balaban J connectivity index is 2.24. The fraction of sp³-hybridized carbons (Fsp3) is 1.00. The highest BCUT2D eigenvalue weighted by atomic mass is 28.3. The first-order valence-corrected chi connectivity index (χ1v) is 7.97. The Labute approximate surface area is 70.4 Å². The molecular weight excluding hydrogens is 154 g/mol. The van der Waals surface area contributed by atoms with E-state index < -0.39 is 8.24 Å². The van der Waals surface area contributed by atoms with E-state index >= 15 is 0 Å². The zero-order valence-corrected chi connectivity index (χ0v) is 8.81. The van der Waals surface area contributed by atoms with Crippen molar-refractivity contribution < 1.29 is 4.74 Å². The zero-order chi connectivity index (χ0) is 8.32. The maximum Gasteiger partial charge on any atom is 0.118 e. The van der Waals surface area contributed by atoms with Crippen molar-refractivity contribution in [3.63, 3.8) is 0 Å². The van der Waals surface area contributed by atoms with Crippen LogP contribution in [0.1, 0.15) is 19.3 Å². The van der Waals surface area contributed by atoms with E-state index in [9.17, 15) is 0 Å². The maximum atomic E-state index is 5.58. The fourth-order valence-corrected chi connectivity index (χ4v) is 2.53. The van der Waals surface area contributed by atoms with Gasteiger partial charge in [0.25, 0.3) is 0 Å². The summed E-state index contributed by atoms with van der Waals surface area (Å²) in [6.07, 6.45) is 4.12. The topological polar surface area (TPSA) is 21.3 Å². The first-order valence-electron chi connectivity index (χ1n) is 4.47. The standard InChI is InChI=1S/C8H19NOSi/c1-11(2,3)9-8-6-4-5-7-10-8/h8-9H,4-7H2,1-3H3. The zero-order valence-electron chi connectivity index (χ0n) is 7.81. The van der Waals surface area contributed by atoms with Gasteiger partial charge in [-0.3, -0.25) is 0 Å². The third-order valence-corrected chi connectivity index (χ3v) is 2.96. The van der Waals surface area contributed by atoms with Gasteiger partial charge in [-0.15, -0.1) is 0 Å². The second kappa shape index (κ2) is 3.69. The maximum absolute atomic E-state index is 5.58. The minimum Gasteiger partial charge on any atom is -0.364 e. The van der Waals surface area contributed by atoms with Crippen LogP contribution in [0, 0.1) is 0 Å². The third kappa shape index (κ3) is 3.89. The molecule has 0 aliphatic carbocycles. The monoisotopic (exact) mass is 173 g/mol. The molecule has 1 atom stereocenters. The molecule has 1 fully saturated rings. The van der Waals surface area contributed by atoms with Crippen LogP contribution in [0.2, 0.25) is 19.6 Å². The predicted octanol–water partition coefficient (Wildman–Crippen LogP) is 1.94. The number of ether oxygens (including phenoxy) is 1. The van der Waals surface area contributed by atoms with Gasteiger partial charge < -0.3 is 9.72 Å². The second-order valence-corrected chi connectivity index (χ2v) is 9.04. The molecule has 1 rings (SSSR count). The lowest BCUT2D eigenvalue weighted by Gasteiger charge is -2.29. The van der Waals surface area contributed by atoms with Gasteiger partial charge in [-0.2, -0.15) is 0 Å². The van der Waals surface area contributed by atoms with Crippen LogP contribution in [0.25, 0.3) is 0 Å². The van der Waals surface area contributed by atoms with E-state index in [1.165, 1.54) is 19.3 Å². The highest BCUT2D eigenvalue weighted by molar-refractivity contribution is 6.73. The summed E-state index contributed by atoms with van der Waals surface area (Å²) < 4.78 is 5.58. The summed E-state index contributed by atoms with van der Waals surface area (Å²) in [6.45, 7) is 7.88. The molecule has 1 heterocycles. The van der Waals surface area contributed by atoms with Crippen LogP contribution in [-0.4, -0.2) is 21.1 Å². The van der Waals surface area contributed by atoms with Gasteiger partial charge in [-0.25, -0.2) is 0 Å². The average molecular weight is 173 g/mol. The first kappa shape index (κ1) is 9.23. The Kier molecular flexibility index (Phi) is 3.10. The van der Waals surface area contributed by atoms with Crippen molar-refractivity contribution in [3.8, 4) is 0 Å². The highest BCUT2D eigenvalue weighted by Gasteiger charge is 2.20. The summed E-state index contributed by atoms with van der Waals surface area (Å²) >= 11 is 0. The van der Waals surface area contributed by atoms with Crippen LogP contribution in [0.5, 0.6) is 0 Å². The second-order valence-electron chi connectivity index (χ2n) is 4.25.